The van der Waals surface area contributed by atoms with Crippen molar-refractivity contribution in [1.82, 2.24) is 20.0 Å². The highest BCUT2D eigenvalue weighted by molar-refractivity contribution is 6.10. The summed E-state index contributed by atoms with van der Waals surface area (Å²) in [5, 5.41) is 9.91. The molecule has 2 heterocycles. The van der Waals surface area contributed by atoms with Crippen LogP contribution >= 0.6 is 0 Å². The van der Waals surface area contributed by atoms with E-state index < -0.39 is 23.4 Å². The average Bonchev–Trinajstić information content (AvgIpc) is 3.19. The Labute approximate surface area is 179 Å². The van der Waals surface area contributed by atoms with Crippen LogP contribution in [-0.2, 0) is 15.1 Å². The van der Waals surface area contributed by atoms with Gasteiger partial charge in [-0.15, -0.1) is 0 Å². The van der Waals surface area contributed by atoms with Gasteiger partial charge in [0.1, 0.15) is 12.1 Å². The Morgan fingerprint density at radius 1 is 1.06 bits per heavy atom. The van der Waals surface area contributed by atoms with Crippen LogP contribution in [0.15, 0.2) is 60.7 Å². The molecule has 1 atom stereocenters. The van der Waals surface area contributed by atoms with Gasteiger partial charge in [-0.3, -0.25) is 14.5 Å². The number of imide groups is 1. The van der Waals surface area contributed by atoms with Crippen molar-refractivity contribution in [1.29, 1.82) is 0 Å². The molecule has 2 N–H and O–H groups in total. The zero-order valence-electron chi connectivity index (χ0n) is 17.5. The lowest BCUT2D eigenvalue weighted by Crippen LogP contribution is -2.42. The average molecular weight is 417 g/mol. The van der Waals surface area contributed by atoms with Crippen LogP contribution < -0.4 is 10.6 Å². The number of benzene rings is 2. The Hall–Kier alpha value is -3.94. The zero-order chi connectivity index (χ0) is 22.2. The van der Waals surface area contributed by atoms with Gasteiger partial charge in [0.2, 0.25) is 5.91 Å². The number of aryl methyl sites for hydroxylation is 2. The number of carbonyl (C=O) groups is 3. The zero-order valence-corrected chi connectivity index (χ0v) is 17.5. The fourth-order valence-corrected chi connectivity index (χ4v) is 3.76. The van der Waals surface area contributed by atoms with E-state index in [9.17, 15) is 14.4 Å². The van der Waals surface area contributed by atoms with Crippen molar-refractivity contribution < 1.29 is 14.4 Å². The molecule has 2 aromatic carbocycles. The van der Waals surface area contributed by atoms with Crippen LogP contribution in [-0.4, -0.2) is 39.1 Å². The summed E-state index contributed by atoms with van der Waals surface area (Å²) in [5.74, 6) is -0.929. The SMILES string of the molecule is Cc1cc(C)n(-c2cccc(NC(=O)CN3C(=O)NC(C)(c4ccccc4)C3=O)c2)n1. The molecule has 8 heteroatoms. The third-order valence-corrected chi connectivity index (χ3v) is 5.31. The standard InChI is InChI=1S/C23H23N5O3/c1-15-12-16(2)28(26-15)19-11-7-10-18(13-19)24-20(29)14-27-21(30)23(3,25-22(27)31)17-8-5-4-6-9-17/h4-13H,14H2,1-3H3,(H,24,29)(H,25,31). The number of hydrogen-bond acceptors (Lipinski definition) is 4. The Morgan fingerprint density at radius 2 is 1.81 bits per heavy atom. The lowest BCUT2D eigenvalue weighted by atomic mass is 9.92. The molecule has 1 fully saturated rings. The molecule has 158 valence electrons. The molecule has 1 aliphatic heterocycles. The van der Waals surface area contributed by atoms with Crippen LogP contribution in [0.1, 0.15) is 23.9 Å². The van der Waals surface area contributed by atoms with Crippen molar-refractivity contribution in [2.75, 3.05) is 11.9 Å². The Kier molecular flexibility index (Phi) is 5.06. The van der Waals surface area contributed by atoms with Crippen molar-refractivity contribution in [3.63, 3.8) is 0 Å². The number of nitrogens with one attached hydrogen (secondary N) is 2. The first-order valence-electron chi connectivity index (χ1n) is 9.91. The van der Waals surface area contributed by atoms with Gasteiger partial charge in [-0.2, -0.15) is 5.10 Å². The van der Waals surface area contributed by atoms with Gasteiger partial charge in [0.25, 0.3) is 5.91 Å². The van der Waals surface area contributed by atoms with Crippen LogP contribution in [0.25, 0.3) is 5.69 Å². The molecule has 0 spiro atoms. The topological polar surface area (TPSA) is 96.3 Å². The maximum Gasteiger partial charge on any atom is 0.325 e. The molecule has 0 aliphatic carbocycles. The van der Waals surface area contributed by atoms with E-state index in [-0.39, 0.29) is 6.54 Å². The quantitative estimate of drug-likeness (QED) is 0.624. The van der Waals surface area contributed by atoms with Crippen LogP contribution in [0, 0.1) is 13.8 Å². The summed E-state index contributed by atoms with van der Waals surface area (Å²) in [6, 6.07) is 17.6. The first kappa shape index (κ1) is 20.3. The van der Waals surface area contributed by atoms with Crippen LogP contribution in [0.5, 0.6) is 0 Å². The number of nitrogens with zero attached hydrogens (tertiary/aromatic N) is 3. The molecule has 1 aliphatic rings. The van der Waals surface area contributed by atoms with Crippen molar-refractivity contribution in [3.8, 4) is 5.69 Å². The fraction of sp³-hybridized carbons (Fsp3) is 0.217. The minimum Gasteiger partial charge on any atom is -0.324 e. The molecule has 1 unspecified atom stereocenters. The predicted molar refractivity (Wildman–Crippen MR) is 116 cm³/mol. The van der Waals surface area contributed by atoms with Gasteiger partial charge in [0.15, 0.2) is 0 Å². The summed E-state index contributed by atoms with van der Waals surface area (Å²) >= 11 is 0. The number of carbonyl (C=O) groups excluding carboxylic acids is 3. The highest BCUT2D eigenvalue weighted by atomic mass is 16.2. The van der Waals surface area contributed by atoms with Crippen LogP contribution in [0.4, 0.5) is 10.5 Å². The van der Waals surface area contributed by atoms with Crippen molar-refractivity contribution >= 4 is 23.5 Å². The lowest BCUT2D eigenvalue weighted by molar-refractivity contribution is -0.133. The van der Waals surface area contributed by atoms with Crippen LogP contribution in [0.3, 0.4) is 0 Å². The molecule has 4 amide bonds. The number of amides is 4. The second-order valence-corrected chi connectivity index (χ2v) is 7.75. The maximum atomic E-state index is 13.0. The molecule has 0 radical (unpaired) electrons. The largest absolute Gasteiger partial charge is 0.325 e. The Bertz CT molecular complexity index is 1170. The second kappa shape index (κ2) is 7.71. The van der Waals surface area contributed by atoms with E-state index in [1.54, 1.807) is 48.0 Å². The summed E-state index contributed by atoms with van der Waals surface area (Å²) in [6.45, 7) is 5.12. The van der Waals surface area contributed by atoms with Crippen molar-refractivity contribution in [2.24, 2.45) is 0 Å². The van der Waals surface area contributed by atoms with Gasteiger partial charge < -0.3 is 10.6 Å². The minimum absolute atomic E-state index is 0.378. The number of aromatic nitrogens is 2. The van der Waals surface area contributed by atoms with Crippen LogP contribution in [0.2, 0.25) is 0 Å². The Morgan fingerprint density at radius 3 is 2.48 bits per heavy atom. The molecular weight excluding hydrogens is 394 g/mol. The summed E-state index contributed by atoms with van der Waals surface area (Å²) in [5.41, 5.74) is 2.68. The van der Waals surface area contributed by atoms with Crippen molar-refractivity contribution in [3.05, 3.63) is 77.6 Å². The summed E-state index contributed by atoms with van der Waals surface area (Å²) in [4.78, 5) is 39.0. The molecule has 1 aromatic heterocycles. The molecule has 0 saturated carbocycles. The first-order valence-corrected chi connectivity index (χ1v) is 9.91. The smallest absolute Gasteiger partial charge is 0.324 e. The van der Waals surface area contributed by atoms with E-state index >= 15 is 0 Å². The first-order chi connectivity index (χ1) is 14.8. The van der Waals surface area contributed by atoms with E-state index in [2.05, 4.69) is 15.7 Å². The molecular formula is C23H23N5O3. The van der Waals surface area contributed by atoms with E-state index in [4.69, 9.17) is 0 Å². The van der Waals surface area contributed by atoms with Gasteiger partial charge in [0.05, 0.1) is 11.4 Å². The summed E-state index contributed by atoms with van der Waals surface area (Å²) in [6.07, 6.45) is 0. The number of urea groups is 1. The molecule has 8 nitrogen and oxygen atoms in total. The molecule has 3 aromatic rings. The third kappa shape index (κ3) is 3.79. The van der Waals surface area contributed by atoms with E-state index in [0.717, 1.165) is 22.0 Å². The van der Waals surface area contributed by atoms with Gasteiger partial charge in [0, 0.05) is 11.4 Å². The second-order valence-electron chi connectivity index (χ2n) is 7.75. The number of anilines is 1. The molecule has 0 bridgehead atoms. The van der Waals surface area contributed by atoms with Gasteiger partial charge in [-0.25, -0.2) is 9.48 Å². The monoisotopic (exact) mass is 417 g/mol. The third-order valence-electron chi connectivity index (χ3n) is 5.31. The summed E-state index contributed by atoms with van der Waals surface area (Å²) < 4.78 is 1.79. The van der Waals surface area contributed by atoms with E-state index in [1.165, 1.54) is 0 Å². The molecule has 31 heavy (non-hydrogen) atoms. The molecule has 4 rings (SSSR count). The highest BCUT2D eigenvalue weighted by Crippen LogP contribution is 2.28. The van der Waals surface area contributed by atoms with Gasteiger partial charge >= 0.3 is 6.03 Å². The fourth-order valence-electron chi connectivity index (χ4n) is 3.76. The normalized spacial score (nSPS) is 18.2. The predicted octanol–water partition coefficient (Wildman–Crippen LogP) is 2.89. The minimum atomic E-state index is -1.20. The van der Waals surface area contributed by atoms with E-state index in [1.807, 2.05) is 38.1 Å². The lowest BCUT2D eigenvalue weighted by Gasteiger charge is -2.22. The van der Waals surface area contributed by atoms with E-state index in [0.29, 0.717) is 11.3 Å². The molecule has 1 saturated heterocycles. The highest BCUT2D eigenvalue weighted by Gasteiger charge is 2.49. The van der Waals surface area contributed by atoms with Crippen molar-refractivity contribution in [2.45, 2.75) is 26.3 Å². The number of hydrogen-bond donors (Lipinski definition) is 2. The van der Waals surface area contributed by atoms with Gasteiger partial charge in [-0.1, -0.05) is 36.4 Å². The Balaban J connectivity index is 1.48. The maximum absolute atomic E-state index is 13.0. The van der Waals surface area contributed by atoms with Gasteiger partial charge in [-0.05, 0) is 50.6 Å². The summed E-state index contributed by atoms with van der Waals surface area (Å²) in [7, 11) is 0. The number of rotatable bonds is 5.